The molecule has 0 atom stereocenters. The normalized spacial score (nSPS) is 14.5. The maximum absolute atomic E-state index is 11.6. The van der Waals surface area contributed by atoms with E-state index in [0.717, 1.165) is 0 Å². The zero-order chi connectivity index (χ0) is 15.0. The minimum Gasteiger partial charge on any atom is -0.480 e. The molecule has 0 unspecified atom stereocenters. The van der Waals surface area contributed by atoms with Crippen LogP contribution in [0.1, 0.15) is 46.7 Å². The number of ether oxygens (including phenoxy) is 1. The molecule has 1 fully saturated rings. The Labute approximate surface area is 122 Å². The highest BCUT2D eigenvalue weighted by Gasteiger charge is 2.23. The van der Waals surface area contributed by atoms with Crippen LogP contribution in [-0.2, 0) is 0 Å². The van der Waals surface area contributed by atoms with Gasteiger partial charge in [-0.1, -0.05) is 18.6 Å². The molecule has 1 aromatic heterocycles. The third-order valence-electron chi connectivity index (χ3n) is 4.11. The monoisotopic (exact) mass is 281 g/mol. The second-order valence-corrected chi connectivity index (χ2v) is 5.25. The molecule has 0 aliphatic heterocycles. The summed E-state index contributed by atoms with van der Waals surface area (Å²) in [4.78, 5) is 15.9. The lowest BCUT2D eigenvalue weighted by atomic mass is 9.80. The van der Waals surface area contributed by atoms with Crippen molar-refractivity contribution >= 4 is 16.8 Å². The molecule has 1 heterocycles. The van der Waals surface area contributed by atoms with Crippen molar-refractivity contribution in [3.63, 3.8) is 0 Å². The lowest BCUT2D eigenvalue weighted by Gasteiger charge is -2.26. The van der Waals surface area contributed by atoms with Crippen LogP contribution in [0.3, 0.4) is 0 Å². The van der Waals surface area contributed by atoms with Gasteiger partial charge in [-0.2, -0.15) is 5.26 Å². The number of aromatic nitrogens is 1. The number of fused-ring (bicyclic) bond motifs is 1. The van der Waals surface area contributed by atoms with Crippen molar-refractivity contribution in [3.05, 3.63) is 34.9 Å². The summed E-state index contributed by atoms with van der Waals surface area (Å²) in [7, 11) is 1.41. The average molecular weight is 281 g/mol. The van der Waals surface area contributed by atoms with E-state index in [1.165, 1.54) is 31.9 Å². The van der Waals surface area contributed by atoms with E-state index in [1.807, 2.05) is 18.2 Å². The van der Waals surface area contributed by atoms with E-state index in [9.17, 15) is 10.1 Å². The Kier molecular flexibility index (Phi) is 3.22. The van der Waals surface area contributed by atoms with Gasteiger partial charge in [-0.3, -0.25) is 4.79 Å². The quantitative estimate of drug-likeness (QED) is 0.935. The van der Waals surface area contributed by atoms with Crippen LogP contribution < -0.4 is 10.5 Å². The molecule has 2 N–H and O–H groups in total. The zero-order valence-electron chi connectivity index (χ0n) is 11.7. The molecule has 5 nitrogen and oxygen atoms in total. The molecule has 1 aliphatic carbocycles. The van der Waals surface area contributed by atoms with E-state index in [4.69, 9.17) is 10.5 Å². The van der Waals surface area contributed by atoms with Gasteiger partial charge in [-0.15, -0.1) is 0 Å². The third-order valence-corrected chi connectivity index (χ3v) is 4.11. The molecule has 0 saturated heterocycles. The van der Waals surface area contributed by atoms with Gasteiger partial charge in [0.15, 0.2) is 0 Å². The Morgan fingerprint density at radius 1 is 1.48 bits per heavy atom. The summed E-state index contributed by atoms with van der Waals surface area (Å²) in [6.45, 7) is 0. The number of carbonyl (C=O) groups excluding carboxylic acids is 1. The number of nitrogens with two attached hydrogens (primary N) is 1. The maximum Gasteiger partial charge on any atom is 0.255 e. The van der Waals surface area contributed by atoms with Crippen LogP contribution in [0, 0.1) is 11.3 Å². The van der Waals surface area contributed by atoms with Gasteiger partial charge in [-0.05, 0) is 30.4 Å². The number of hydrogen-bond donors (Lipinski definition) is 1. The van der Waals surface area contributed by atoms with Crippen molar-refractivity contribution in [2.45, 2.75) is 25.2 Å². The largest absolute Gasteiger partial charge is 0.480 e. The van der Waals surface area contributed by atoms with Crippen LogP contribution in [0.2, 0.25) is 0 Å². The minimum atomic E-state index is -0.708. The Morgan fingerprint density at radius 2 is 2.24 bits per heavy atom. The molecule has 0 bridgehead atoms. The van der Waals surface area contributed by atoms with E-state index < -0.39 is 5.91 Å². The number of carbonyl (C=O) groups is 1. The lowest BCUT2D eigenvalue weighted by molar-refractivity contribution is 0.0996. The fourth-order valence-corrected chi connectivity index (χ4v) is 2.75. The molecule has 1 saturated carbocycles. The van der Waals surface area contributed by atoms with Crippen molar-refractivity contribution < 1.29 is 9.53 Å². The van der Waals surface area contributed by atoms with Gasteiger partial charge in [0.25, 0.3) is 5.91 Å². The standard InChI is InChI=1S/C16H15N3O2/c1-21-16-14(15(18)20)12(8-17)11-6-5-10(7-13(11)19-16)9-3-2-4-9/h5-7,9H,2-4H2,1H3,(H2,18,20). The molecule has 0 spiro atoms. The molecule has 1 aliphatic rings. The third kappa shape index (κ3) is 2.09. The van der Waals surface area contributed by atoms with Crippen molar-refractivity contribution in [3.8, 4) is 11.9 Å². The molecule has 2 aromatic rings. The summed E-state index contributed by atoms with van der Waals surface area (Å²) in [6.07, 6.45) is 3.63. The van der Waals surface area contributed by atoms with Gasteiger partial charge in [0, 0.05) is 5.39 Å². The number of benzene rings is 1. The molecule has 1 aromatic carbocycles. The number of nitriles is 1. The van der Waals surface area contributed by atoms with Crippen molar-refractivity contribution in [2.75, 3.05) is 7.11 Å². The number of primary amides is 1. The Balaban J connectivity index is 2.27. The summed E-state index contributed by atoms with van der Waals surface area (Å²) in [6, 6.07) is 7.88. The average Bonchev–Trinajstić information content (AvgIpc) is 2.42. The Bertz CT molecular complexity index is 773. The highest BCUT2D eigenvalue weighted by Crippen LogP contribution is 2.38. The van der Waals surface area contributed by atoms with Crippen molar-refractivity contribution in [2.24, 2.45) is 5.73 Å². The van der Waals surface area contributed by atoms with Crippen LogP contribution >= 0.6 is 0 Å². The fraction of sp³-hybridized carbons (Fsp3) is 0.312. The van der Waals surface area contributed by atoms with E-state index in [-0.39, 0.29) is 17.0 Å². The van der Waals surface area contributed by atoms with Crippen LogP contribution in [0.4, 0.5) is 0 Å². The topological polar surface area (TPSA) is 89.0 Å². The predicted octanol–water partition coefficient (Wildman–Crippen LogP) is 2.48. The first-order valence-electron chi connectivity index (χ1n) is 6.87. The molecular formula is C16H15N3O2. The Hall–Kier alpha value is -2.61. The number of amides is 1. The van der Waals surface area contributed by atoms with Gasteiger partial charge < -0.3 is 10.5 Å². The number of pyridine rings is 1. The van der Waals surface area contributed by atoms with Gasteiger partial charge in [0.2, 0.25) is 5.88 Å². The number of nitrogens with zero attached hydrogens (tertiary/aromatic N) is 2. The molecule has 3 rings (SSSR count). The first-order valence-corrected chi connectivity index (χ1v) is 6.87. The Morgan fingerprint density at radius 3 is 2.76 bits per heavy atom. The predicted molar refractivity (Wildman–Crippen MR) is 78.1 cm³/mol. The van der Waals surface area contributed by atoms with Crippen LogP contribution in [0.25, 0.3) is 10.9 Å². The summed E-state index contributed by atoms with van der Waals surface area (Å²) < 4.78 is 5.13. The van der Waals surface area contributed by atoms with E-state index in [0.29, 0.717) is 16.8 Å². The first kappa shape index (κ1) is 13.4. The number of hydrogen-bond acceptors (Lipinski definition) is 4. The van der Waals surface area contributed by atoms with Crippen LogP contribution in [0.15, 0.2) is 18.2 Å². The van der Waals surface area contributed by atoms with Crippen LogP contribution in [-0.4, -0.2) is 18.0 Å². The van der Waals surface area contributed by atoms with Crippen molar-refractivity contribution in [1.29, 1.82) is 5.26 Å². The first-order chi connectivity index (χ1) is 10.2. The van der Waals surface area contributed by atoms with Gasteiger partial charge in [0.1, 0.15) is 11.6 Å². The minimum absolute atomic E-state index is 0.0453. The fourth-order valence-electron chi connectivity index (χ4n) is 2.75. The van der Waals surface area contributed by atoms with E-state index in [1.54, 1.807) is 0 Å². The van der Waals surface area contributed by atoms with Gasteiger partial charge >= 0.3 is 0 Å². The number of rotatable bonds is 3. The number of methoxy groups -OCH3 is 1. The molecular weight excluding hydrogens is 266 g/mol. The summed E-state index contributed by atoms with van der Waals surface area (Å²) in [5.41, 5.74) is 7.51. The summed E-state index contributed by atoms with van der Waals surface area (Å²) in [5, 5.41) is 10.0. The van der Waals surface area contributed by atoms with E-state index in [2.05, 4.69) is 11.1 Å². The SMILES string of the molecule is COc1nc2cc(C3CCC3)ccc2c(C#N)c1C(N)=O. The molecule has 5 heteroatoms. The summed E-state index contributed by atoms with van der Waals surface area (Å²) in [5.74, 6) is -0.0262. The smallest absolute Gasteiger partial charge is 0.255 e. The zero-order valence-corrected chi connectivity index (χ0v) is 11.7. The molecule has 106 valence electrons. The van der Waals surface area contributed by atoms with Crippen molar-refractivity contribution in [1.82, 2.24) is 4.98 Å². The van der Waals surface area contributed by atoms with E-state index >= 15 is 0 Å². The second-order valence-electron chi connectivity index (χ2n) is 5.25. The van der Waals surface area contributed by atoms with Crippen LogP contribution in [0.5, 0.6) is 5.88 Å². The molecule has 21 heavy (non-hydrogen) atoms. The highest BCUT2D eigenvalue weighted by atomic mass is 16.5. The molecule has 1 amide bonds. The van der Waals surface area contributed by atoms with Gasteiger partial charge in [-0.25, -0.2) is 4.98 Å². The maximum atomic E-state index is 11.6. The molecule has 0 radical (unpaired) electrons. The van der Waals surface area contributed by atoms with Gasteiger partial charge in [0.05, 0.1) is 18.2 Å². The highest BCUT2D eigenvalue weighted by molar-refractivity contribution is 6.03. The second kappa shape index (κ2) is 5.06. The lowest BCUT2D eigenvalue weighted by Crippen LogP contribution is -2.16. The summed E-state index contributed by atoms with van der Waals surface area (Å²) >= 11 is 0.